The van der Waals surface area contributed by atoms with Crippen LogP contribution in [0.1, 0.15) is 36.0 Å². The van der Waals surface area contributed by atoms with E-state index in [4.69, 9.17) is 4.42 Å². The van der Waals surface area contributed by atoms with E-state index in [1.165, 1.54) is 12.3 Å². The van der Waals surface area contributed by atoms with Crippen LogP contribution in [0.4, 0.5) is 5.82 Å². The van der Waals surface area contributed by atoms with Crippen molar-refractivity contribution in [3.05, 3.63) is 35.7 Å². The van der Waals surface area contributed by atoms with Gasteiger partial charge >= 0.3 is 0 Å². The van der Waals surface area contributed by atoms with Gasteiger partial charge in [0.1, 0.15) is 0 Å². The molecule has 0 bridgehead atoms. The molecule has 0 aliphatic carbocycles. The number of anilines is 1. The number of amides is 2. The van der Waals surface area contributed by atoms with Crippen LogP contribution in [0.3, 0.4) is 0 Å². The molecule has 2 rings (SSSR count). The first-order valence-electron chi connectivity index (χ1n) is 7.49. The number of oxazole rings is 1. The van der Waals surface area contributed by atoms with Crippen LogP contribution in [-0.4, -0.2) is 32.9 Å². The number of nitrogens with zero attached hydrogens (tertiary/aromatic N) is 2. The fourth-order valence-electron chi connectivity index (χ4n) is 2.09. The summed E-state index contributed by atoms with van der Waals surface area (Å²) in [5, 5.41) is 14.9. The monoisotopic (exact) mass is 332 g/mol. The van der Waals surface area contributed by atoms with Crippen molar-refractivity contribution in [3.63, 3.8) is 0 Å². The lowest BCUT2D eigenvalue weighted by Gasteiger charge is -2.20. The Kier molecular flexibility index (Phi) is 5.18. The summed E-state index contributed by atoms with van der Waals surface area (Å²) in [6.45, 7) is 6.70. The number of pyridine rings is 1. The highest BCUT2D eigenvalue weighted by atomic mass is 16.4. The molecule has 0 radical (unpaired) electrons. The average Bonchev–Trinajstić information content (AvgIpc) is 2.87. The van der Waals surface area contributed by atoms with Crippen molar-refractivity contribution in [2.24, 2.45) is 5.92 Å². The Balaban J connectivity index is 2.00. The largest absolute Gasteiger partial charge is 0.504 e. The Labute approximate surface area is 139 Å². The van der Waals surface area contributed by atoms with Crippen LogP contribution in [0.15, 0.2) is 22.7 Å². The van der Waals surface area contributed by atoms with E-state index in [0.29, 0.717) is 11.6 Å². The molecule has 2 aromatic rings. The molecule has 2 atom stereocenters. The molecule has 0 saturated heterocycles. The lowest BCUT2D eigenvalue weighted by Crippen LogP contribution is -2.42. The van der Waals surface area contributed by atoms with Gasteiger partial charge in [0.25, 0.3) is 5.91 Å². The zero-order valence-electron chi connectivity index (χ0n) is 14.0. The second kappa shape index (κ2) is 7.12. The maximum atomic E-state index is 12.2. The van der Waals surface area contributed by atoms with Gasteiger partial charge in [0, 0.05) is 19.2 Å². The molecular weight excluding hydrogens is 312 g/mol. The van der Waals surface area contributed by atoms with Crippen LogP contribution in [0, 0.1) is 19.8 Å². The standard InChI is InChI=1S/C16H20N4O4/c1-8(15(22)20-14-12(21)6-5-7-17-14)9(2)19-16(23)13-10(3)18-11(4)24-13/h5-9,21H,1-4H3,(H,19,23)(H,17,20,22). The summed E-state index contributed by atoms with van der Waals surface area (Å²) < 4.78 is 5.26. The number of hydrogen-bond acceptors (Lipinski definition) is 6. The molecule has 0 aliphatic heterocycles. The van der Waals surface area contributed by atoms with Crippen molar-refractivity contribution in [1.29, 1.82) is 0 Å². The number of aromatic hydroxyl groups is 1. The van der Waals surface area contributed by atoms with Crippen molar-refractivity contribution < 1.29 is 19.1 Å². The second-order valence-electron chi connectivity index (χ2n) is 5.56. The maximum Gasteiger partial charge on any atom is 0.289 e. The van der Waals surface area contributed by atoms with Crippen LogP contribution in [0.5, 0.6) is 5.75 Å². The SMILES string of the molecule is Cc1nc(C)c(C(=O)NC(C)C(C)C(=O)Nc2ncccc2O)o1. The van der Waals surface area contributed by atoms with Crippen LogP contribution < -0.4 is 10.6 Å². The minimum absolute atomic E-state index is 0.0783. The van der Waals surface area contributed by atoms with Crippen LogP contribution in [0.2, 0.25) is 0 Å². The molecule has 3 N–H and O–H groups in total. The normalized spacial score (nSPS) is 13.2. The van der Waals surface area contributed by atoms with Crippen molar-refractivity contribution >= 4 is 17.6 Å². The topological polar surface area (TPSA) is 117 Å². The van der Waals surface area contributed by atoms with Gasteiger partial charge in [-0.1, -0.05) is 6.92 Å². The first kappa shape index (κ1) is 17.5. The van der Waals surface area contributed by atoms with Gasteiger partial charge in [-0.15, -0.1) is 0 Å². The number of aromatic nitrogens is 2. The van der Waals surface area contributed by atoms with Gasteiger partial charge in [-0.3, -0.25) is 9.59 Å². The number of aryl methyl sites for hydroxylation is 2. The minimum atomic E-state index is -0.556. The fourth-order valence-corrected chi connectivity index (χ4v) is 2.09. The van der Waals surface area contributed by atoms with Crippen LogP contribution in [0.25, 0.3) is 0 Å². The Morgan fingerprint density at radius 1 is 1.29 bits per heavy atom. The molecule has 0 aromatic carbocycles. The van der Waals surface area contributed by atoms with Crippen molar-refractivity contribution in [2.75, 3.05) is 5.32 Å². The smallest absolute Gasteiger partial charge is 0.289 e. The molecule has 128 valence electrons. The third kappa shape index (κ3) is 3.89. The molecule has 2 heterocycles. The highest BCUT2D eigenvalue weighted by Crippen LogP contribution is 2.19. The molecule has 0 saturated carbocycles. The number of hydrogen-bond donors (Lipinski definition) is 3. The summed E-state index contributed by atoms with van der Waals surface area (Å²) in [5.41, 5.74) is 0.493. The minimum Gasteiger partial charge on any atom is -0.504 e. The third-order valence-electron chi connectivity index (χ3n) is 3.66. The van der Waals surface area contributed by atoms with Gasteiger partial charge in [0.2, 0.25) is 11.7 Å². The van der Waals surface area contributed by atoms with E-state index in [2.05, 4.69) is 20.6 Å². The molecule has 2 amide bonds. The van der Waals surface area contributed by atoms with Gasteiger partial charge in [0.15, 0.2) is 17.5 Å². The van der Waals surface area contributed by atoms with Gasteiger partial charge in [-0.05, 0) is 26.0 Å². The van der Waals surface area contributed by atoms with Gasteiger partial charge in [-0.25, -0.2) is 9.97 Å². The highest BCUT2D eigenvalue weighted by Gasteiger charge is 2.25. The zero-order valence-corrected chi connectivity index (χ0v) is 14.0. The van der Waals surface area contributed by atoms with E-state index >= 15 is 0 Å². The van der Waals surface area contributed by atoms with Crippen LogP contribution in [-0.2, 0) is 4.79 Å². The molecule has 2 unspecified atom stereocenters. The molecule has 24 heavy (non-hydrogen) atoms. The summed E-state index contributed by atoms with van der Waals surface area (Å²) in [6, 6.07) is 2.51. The molecule has 2 aromatic heterocycles. The molecule has 8 heteroatoms. The maximum absolute atomic E-state index is 12.2. The predicted octanol–water partition coefficient (Wildman–Crippen LogP) is 1.79. The van der Waals surface area contributed by atoms with E-state index in [1.54, 1.807) is 33.8 Å². The number of carbonyl (C=O) groups is 2. The molecular formula is C16H20N4O4. The molecule has 0 fully saturated rings. The summed E-state index contributed by atoms with van der Waals surface area (Å²) in [5.74, 6) is -0.865. The van der Waals surface area contributed by atoms with Crippen LogP contribution >= 0.6 is 0 Å². The van der Waals surface area contributed by atoms with E-state index < -0.39 is 17.9 Å². The molecule has 0 aliphatic rings. The van der Waals surface area contributed by atoms with Gasteiger partial charge < -0.3 is 20.2 Å². The van der Waals surface area contributed by atoms with Crippen molar-refractivity contribution in [2.45, 2.75) is 33.7 Å². The Bertz CT molecular complexity index is 756. The Morgan fingerprint density at radius 3 is 2.58 bits per heavy atom. The summed E-state index contributed by atoms with van der Waals surface area (Å²) in [7, 11) is 0. The van der Waals surface area contributed by atoms with E-state index in [9.17, 15) is 14.7 Å². The first-order valence-corrected chi connectivity index (χ1v) is 7.49. The lowest BCUT2D eigenvalue weighted by atomic mass is 10.0. The first-order chi connectivity index (χ1) is 11.3. The number of nitrogens with one attached hydrogen (secondary N) is 2. The second-order valence-corrected chi connectivity index (χ2v) is 5.56. The quantitative estimate of drug-likeness (QED) is 0.768. The van der Waals surface area contributed by atoms with Crippen molar-refractivity contribution in [1.82, 2.24) is 15.3 Å². The molecule has 0 spiro atoms. The molecule has 8 nitrogen and oxygen atoms in total. The Hall–Kier alpha value is -2.90. The number of rotatable bonds is 5. The fraction of sp³-hybridized carbons (Fsp3) is 0.375. The van der Waals surface area contributed by atoms with E-state index in [-0.39, 0.29) is 23.2 Å². The Morgan fingerprint density at radius 2 is 2.00 bits per heavy atom. The predicted molar refractivity (Wildman–Crippen MR) is 86.6 cm³/mol. The highest BCUT2D eigenvalue weighted by molar-refractivity contribution is 5.95. The van der Waals surface area contributed by atoms with E-state index in [1.807, 2.05) is 0 Å². The zero-order chi connectivity index (χ0) is 17.9. The summed E-state index contributed by atoms with van der Waals surface area (Å²) in [4.78, 5) is 32.4. The van der Waals surface area contributed by atoms with E-state index in [0.717, 1.165) is 0 Å². The summed E-state index contributed by atoms with van der Waals surface area (Å²) in [6.07, 6.45) is 1.46. The van der Waals surface area contributed by atoms with Gasteiger partial charge in [0.05, 0.1) is 11.6 Å². The van der Waals surface area contributed by atoms with Gasteiger partial charge in [-0.2, -0.15) is 0 Å². The average molecular weight is 332 g/mol. The number of carbonyl (C=O) groups excluding carboxylic acids is 2. The van der Waals surface area contributed by atoms with Crippen molar-refractivity contribution in [3.8, 4) is 5.75 Å². The summed E-state index contributed by atoms with van der Waals surface area (Å²) >= 11 is 0. The third-order valence-corrected chi connectivity index (χ3v) is 3.66. The lowest BCUT2D eigenvalue weighted by molar-refractivity contribution is -0.120.